The highest BCUT2D eigenvalue weighted by molar-refractivity contribution is 6.58. The Balaban J connectivity index is 3.00. The van der Waals surface area contributed by atoms with Crippen molar-refractivity contribution in [3.63, 3.8) is 0 Å². The first-order chi connectivity index (χ1) is 7.04. The third kappa shape index (κ3) is 2.94. The van der Waals surface area contributed by atoms with Crippen molar-refractivity contribution in [3.8, 4) is 0 Å². The molecule has 3 N–H and O–H groups in total. The SMILES string of the molecule is C=CC(=O)Nc1cc(B(O)O)ccc1C. The van der Waals surface area contributed by atoms with Crippen LogP contribution in [0.15, 0.2) is 30.9 Å². The molecule has 0 fully saturated rings. The Bertz CT molecular complexity index is 390. The van der Waals surface area contributed by atoms with Gasteiger partial charge in [0.05, 0.1) is 0 Å². The number of hydrogen-bond acceptors (Lipinski definition) is 3. The van der Waals surface area contributed by atoms with Gasteiger partial charge in [-0.25, -0.2) is 0 Å². The molecule has 0 aromatic heterocycles. The van der Waals surface area contributed by atoms with Gasteiger partial charge in [-0.2, -0.15) is 0 Å². The van der Waals surface area contributed by atoms with Crippen LogP contribution in [0, 0.1) is 6.92 Å². The molecule has 0 aliphatic carbocycles. The number of anilines is 1. The number of hydrogen-bond donors (Lipinski definition) is 3. The van der Waals surface area contributed by atoms with E-state index < -0.39 is 7.12 Å². The molecule has 1 amide bonds. The van der Waals surface area contributed by atoms with E-state index in [0.717, 1.165) is 11.6 Å². The molecule has 15 heavy (non-hydrogen) atoms. The Morgan fingerprint density at radius 1 is 1.53 bits per heavy atom. The monoisotopic (exact) mass is 205 g/mol. The predicted molar refractivity (Wildman–Crippen MR) is 59.8 cm³/mol. The maximum absolute atomic E-state index is 11.1. The quantitative estimate of drug-likeness (QED) is 0.472. The van der Waals surface area contributed by atoms with Crippen molar-refractivity contribution in [3.05, 3.63) is 36.4 Å². The lowest BCUT2D eigenvalue weighted by Crippen LogP contribution is -2.30. The van der Waals surface area contributed by atoms with Crippen LogP contribution < -0.4 is 10.8 Å². The minimum absolute atomic E-state index is 0.331. The molecule has 1 rings (SSSR count). The van der Waals surface area contributed by atoms with Crippen molar-refractivity contribution in [1.29, 1.82) is 0 Å². The van der Waals surface area contributed by atoms with E-state index in [9.17, 15) is 4.79 Å². The number of aryl methyl sites for hydroxylation is 1. The second-order valence-electron chi connectivity index (χ2n) is 3.14. The van der Waals surface area contributed by atoms with Crippen LogP contribution in [0.3, 0.4) is 0 Å². The van der Waals surface area contributed by atoms with E-state index >= 15 is 0 Å². The molecular formula is C10H12BNO3. The summed E-state index contributed by atoms with van der Waals surface area (Å²) in [5, 5.41) is 20.5. The number of carbonyl (C=O) groups excluding carboxylic acids is 1. The van der Waals surface area contributed by atoms with Gasteiger partial charge < -0.3 is 15.4 Å². The Morgan fingerprint density at radius 2 is 2.20 bits per heavy atom. The highest BCUT2D eigenvalue weighted by Crippen LogP contribution is 2.12. The molecule has 0 bridgehead atoms. The van der Waals surface area contributed by atoms with Gasteiger partial charge in [0.25, 0.3) is 0 Å². The van der Waals surface area contributed by atoms with Gasteiger partial charge in [0, 0.05) is 5.69 Å². The Labute approximate surface area is 88.4 Å². The minimum atomic E-state index is -1.54. The van der Waals surface area contributed by atoms with Crippen molar-refractivity contribution in [2.24, 2.45) is 0 Å². The fraction of sp³-hybridized carbons (Fsp3) is 0.100. The lowest BCUT2D eigenvalue weighted by molar-refractivity contribution is -0.111. The Kier molecular flexibility index (Phi) is 3.65. The smallest absolute Gasteiger partial charge is 0.423 e. The molecule has 0 atom stereocenters. The van der Waals surface area contributed by atoms with E-state index in [4.69, 9.17) is 10.0 Å². The topological polar surface area (TPSA) is 69.6 Å². The maximum atomic E-state index is 11.1. The molecule has 1 aromatic rings. The van der Waals surface area contributed by atoms with Crippen LogP contribution in [-0.4, -0.2) is 23.1 Å². The molecule has 4 nitrogen and oxygen atoms in total. The normalized spacial score (nSPS) is 9.53. The lowest BCUT2D eigenvalue weighted by atomic mass is 9.79. The van der Waals surface area contributed by atoms with Gasteiger partial charge in [-0.15, -0.1) is 0 Å². The maximum Gasteiger partial charge on any atom is 0.488 e. The number of rotatable bonds is 3. The van der Waals surface area contributed by atoms with Gasteiger partial charge in [0.1, 0.15) is 0 Å². The Hall–Kier alpha value is -1.59. The zero-order valence-electron chi connectivity index (χ0n) is 8.40. The third-order valence-electron chi connectivity index (χ3n) is 2.00. The van der Waals surface area contributed by atoms with E-state index in [0.29, 0.717) is 11.2 Å². The molecule has 0 aliphatic rings. The second kappa shape index (κ2) is 4.77. The summed E-state index contributed by atoms with van der Waals surface area (Å²) in [6.07, 6.45) is 1.15. The molecule has 0 aliphatic heterocycles. The van der Waals surface area contributed by atoms with Crippen LogP contribution in [0.2, 0.25) is 0 Å². The van der Waals surface area contributed by atoms with Gasteiger partial charge in [-0.1, -0.05) is 18.7 Å². The molecule has 0 heterocycles. The predicted octanol–water partition coefficient (Wildman–Crippen LogP) is -0.201. The first-order valence-electron chi connectivity index (χ1n) is 4.44. The second-order valence-corrected chi connectivity index (χ2v) is 3.14. The minimum Gasteiger partial charge on any atom is -0.423 e. The fourth-order valence-electron chi connectivity index (χ4n) is 1.12. The number of amides is 1. The lowest BCUT2D eigenvalue weighted by Gasteiger charge is -2.08. The number of nitrogens with one attached hydrogen (secondary N) is 1. The zero-order chi connectivity index (χ0) is 11.4. The average molecular weight is 205 g/mol. The third-order valence-corrected chi connectivity index (χ3v) is 2.00. The van der Waals surface area contributed by atoms with E-state index in [1.165, 1.54) is 6.07 Å². The van der Waals surface area contributed by atoms with E-state index in [-0.39, 0.29) is 5.91 Å². The van der Waals surface area contributed by atoms with Crippen LogP contribution in [0.5, 0.6) is 0 Å². The summed E-state index contributed by atoms with van der Waals surface area (Å²) in [5.41, 5.74) is 1.72. The van der Waals surface area contributed by atoms with Gasteiger partial charge in [0.15, 0.2) is 0 Å². The van der Waals surface area contributed by atoms with E-state index in [1.807, 2.05) is 6.92 Å². The van der Waals surface area contributed by atoms with E-state index in [1.54, 1.807) is 12.1 Å². The number of benzene rings is 1. The van der Waals surface area contributed by atoms with Gasteiger partial charge in [-0.05, 0) is 30.1 Å². The van der Waals surface area contributed by atoms with Gasteiger partial charge >= 0.3 is 7.12 Å². The average Bonchev–Trinajstić information content (AvgIpc) is 2.20. The van der Waals surface area contributed by atoms with Gasteiger partial charge in [0.2, 0.25) is 5.91 Å². The molecule has 0 saturated heterocycles. The van der Waals surface area contributed by atoms with Crippen LogP contribution in [-0.2, 0) is 4.79 Å². The molecule has 78 valence electrons. The summed E-state index contributed by atoms with van der Waals surface area (Å²) in [6, 6.07) is 4.80. The van der Waals surface area contributed by atoms with Crippen molar-refractivity contribution in [2.75, 3.05) is 5.32 Å². The van der Waals surface area contributed by atoms with Crippen molar-refractivity contribution in [2.45, 2.75) is 6.92 Å². The largest absolute Gasteiger partial charge is 0.488 e. The first kappa shape index (κ1) is 11.5. The van der Waals surface area contributed by atoms with Crippen LogP contribution in [0.25, 0.3) is 0 Å². The molecule has 0 unspecified atom stereocenters. The summed E-state index contributed by atoms with van der Waals surface area (Å²) >= 11 is 0. The highest BCUT2D eigenvalue weighted by atomic mass is 16.4. The molecule has 5 heteroatoms. The number of carbonyl (C=O) groups is 1. The van der Waals surface area contributed by atoms with Gasteiger partial charge in [-0.3, -0.25) is 4.79 Å². The molecular weight excluding hydrogens is 193 g/mol. The fourth-order valence-corrected chi connectivity index (χ4v) is 1.12. The van der Waals surface area contributed by atoms with Crippen molar-refractivity contribution < 1.29 is 14.8 Å². The summed E-state index contributed by atoms with van der Waals surface area (Å²) in [4.78, 5) is 11.1. The van der Waals surface area contributed by atoms with Crippen molar-refractivity contribution in [1.82, 2.24) is 0 Å². The van der Waals surface area contributed by atoms with Crippen LogP contribution >= 0.6 is 0 Å². The molecule has 1 aromatic carbocycles. The van der Waals surface area contributed by atoms with E-state index in [2.05, 4.69) is 11.9 Å². The zero-order valence-corrected chi connectivity index (χ0v) is 8.40. The summed E-state index contributed by atoms with van der Waals surface area (Å²) in [7, 11) is -1.54. The standard InChI is InChI=1S/C10H12BNO3/c1-3-10(13)12-9-6-8(11(14)15)5-4-7(9)2/h3-6,14-15H,1H2,2H3,(H,12,13). The summed E-state index contributed by atoms with van der Waals surface area (Å²) in [6.45, 7) is 5.14. The molecule has 0 radical (unpaired) electrons. The first-order valence-corrected chi connectivity index (χ1v) is 4.44. The summed E-state index contributed by atoms with van der Waals surface area (Å²) < 4.78 is 0. The molecule has 0 spiro atoms. The highest BCUT2D eigenvalue weighted by Gasteiger charge is 2.12. The summed E-state index contributed by atoms with van der Waals surface area (Å²) in [5.74, 6) is -0.331. The van der Waals surface area contributed by atoms with Crippen LogP contribution in [0.1, 0.15) is 5.56 Å². The van der Waals surface area contributed by atoms with Crippen LogP contribution in [0.4, 0.5) is 5.69 Å². The molecule has 0 saturated carbocycles. The Morgan fingerprint density at radius 3 is 2.73 bits per heavy atom. The van der Waals surface area contributed by atoms with Crippen molar-refractivity contribution >= 4 is 24.2 Å².